The number of anilines is 1. The van der Waals surface area contributed by atoms with Gasteiger partial charge in [0, 0.05) is 25.2 Å². The molecule has 0 aliphatic carbocycles. The summed E-state index contributed by atoms with van der Waals surface area (Å²) in [6, 6.07) is 9.93. The Bertz CT molecular complexity index is 694. The first-order valence-corrected chi connectivity index (χ1v) is 6.90. The summed E-state index contributed by atoms with van der Waals surface area (Å²) in [6.07, 6.45) is 3.78. The number of pyridine rings is 2. The third kappa shape index (κ3) is 2.53. The van der Waals surface area contributed by atoms with Crippen LogP contribution < -0.4 is 5.32 Å². The molecule has 0 unspecified atom stereocenters. The van der Waals surface area contributed by atoms with Crippen LogP contribution in [0.25, 0.3) is 5.65 Å². The third-order valence-electron chi connectivity index (χ3n) is 2.73. The first-order chi connectivity index (χ1) is 9.36. The minimum atomic E-state index is 0.840. The van der Waals surface area contributed by atoms with Crippen molar-refractivity contribution in [1.29, 1.82) is 0 Å². The van der Waals surface area contributed by atoms with Crippen LogP contribution in [-0.4, -0.2) is 26.6 Å². The van der Waals surface area contributed by atoms with Gasteiger partial charge in [0.25, 0.3) is 0 Å². The highest BCUT2D eigenvalue weighted by molar-refractivity contribution is 7.98. The first-order valence-electron chi connectivity index (χ1n) is 5.92. The fourth-order valence-electron chi connectivity index (χ4n) is 1.77. The number of hydrogen-bond donors (Lipinski definition) is 1. The van der Waals surface area contributed by atoms with Crippen molar-refractivity contribution in [3.05, 3.63) is 48.3 Å². The van der Waals surface area contributed by atoms with Crippen LogP contribution in [0, 0.1) is 0 Å². The van der Waals surface area contributed by atoms with E-state index in [9.17, 15) is 0 Å². The monoisotopic (exact) mass is 271 g/mol. The van der Waals surface area contributed by atoms with Crippen molar-refractivity contribution in [3.8, 4) is 0 Å². The molecule has 19 heavy (non-hydrogen) atoms. The zero-order chi connectivity index (χ0) is 13.1. The van der Waals surface area contributed by atoms with E-state index in [1.807, 2.05) is 54.2 Å². The standard InChI is InChI=1S/C13H13N5S/c1-14-11-8-10(5-6-15-11)9-19-13-17-16-12-4-2-3-7-18(12)13/h2-8H,9H2,1H3,(H,14,15). The van der Waals surface area contributed by atoms with E-state index in [1.54, 1.807) is 11.8 Å². The molecule has 3 rings (SSSR count). The van der Waals surface area contributed by atoms with Gasteiger partial charge in [-0.25, -0.2) is 4.98 Å². The summed E-state index contributed by atoms with van der Waals surface area (Å²) >= 11 is 1.66. The Kier molecular flexibility index (Phi) is 3.33. The molecule has 0 spiro atoms. The van der Waals surface area contributed by atoms with E-state index in [0.717, 1.165) is 22.4 Å². The van der Waals surface area contributed by atoms with Crippen LogP contribution in [-0.2, 0) is 5.75 Å². The SMILES string of the molecule is CNc1cc(CSc2nnc3ccccn23)ccn1. The lowest BCUT2D eigenvalue weighted by atomic mass is 10.3. The number of hydrogen-bond acceptors (Lipinski definition) is 5. The van der Waals surface area contributed by atoms with E-state index in [-0.39, 0.29) is 0 Å². The molecular formula is C13H13N5S. The predicted molar refractivity (Wildman–Crippen MR) is 76.3 cm³/mol. The molecule has 0 aliphatic rings. The zero-order valence-electron chi connectivity index (χ0n) is 10.4. The molecule has 1 N–H and O–H groups in total. The molecular weight excluding hydrogens is 258 g/mol. The van der Waals surface area contributed by atoms with Crippen LogP contribution in [0.4, 0.5) is 5.82 Å². The van der Waals surface area contributed by atoms with Gasteiger partial charge in [-0.3, -0.25) is 4.40 Å². The molecule has 0 saturated heterocycles. The molecule has 3 heterocycles. The van der Waals surface area contributed by atoms with Gasteiger partial charge < -0.3 is 5.32 Å². The van der Waals surface area contributed by atoms with Crippen molar-refractivity contribution in [2.45, 2.75) is 10.9 Å². The predicted octanol–water partition coefficient (Wildman–Crippen LogP) is 2.46. The van der Waals surface area contributed by atoms with E-state index < -0.39 is 0 Å². The van der Waals surface area contributed by atoms with Gasteiger partial charge in [0.05, 0.1) is 0 Å². The fraction of sp³-hybridized carbons (Fsp3) is 0.154. The normalized spacial score (nSPS) is 10.8. The maximum absolute atomic E-state index is 4.20. The number of nitrogens with one attached hydrogen (secondary N) is 1. The maximum atomic E-state index is 4.20. The van der Waals surface area contributed by atoms with Gasteiger partial charge in [0.15, 0.2) is 10.8 Å². The quantitative estimate of drug-likeness (QED) is 0.739. The van der Waals surface area contributed by atoms with Gasteiger partial charge in [0.1, 0.15) is 5.82 Å². The second-order valence-corrected chi connectivity index (χ2v) is 4.94. The number of aromatic nitrogens is 4. The lowest BCUT2D eigenvalue weighted by molar-refractivity contribution is 0.921. The Labute approximate surface area is 115 Å². The Morgan fingerprint density at radius 1 is 1.26 bits per heavy atom. The average molecular weight is 271 g/mol. The van der Waals surface area contributed by atoms with Crippen LogP contribution in [0.1, 0.15) is 5.56 Å². The van der Waals surface area contributed by atoms with Gasteiger partial charge in [-0.2, -0.15) is 0 Å². The molecule has 0 aliphatic heterocycles. The zero-order valence-corrected chi connectivity index (χ0v) is 11.3. The van der Waals surface area contributed by atoms with Gasteiger partial charge >= 0.3 is 0 Å². The highest BCUT2D eigenvalue weighted by Crippen LogP contribution is 2.22. The summed E-state index contributed by atoms with van der Waals surface area (Å²) in [4.78, 5) is 4.20. The molecule has 5 nitrogen and oxygen atoms in total. The van der Waals surface area contributed by atoms with Crippen molar-refractivity contribution in [2.24, 2.45) is 0 Å². The van der Waals surface area contributed by atoms with Gasteiger partial charge in [-0.15, -0.1) is 10.2 Å². The summed E-state index contributed by atoms with van der Waals surface area (Å²) < 4.78 is 1.99. The minimum Gasteiger partial charge on any atom is -0.373 e. The molecule has 0 saturated carbocycles. The van der Waals surface area contributed by atoms with E-state index in [2.05, 4.69) is 20.5 Å². The molecule has 0 bridgehead atoms. The lowest BCUT2D eigenvalue weighted by Gasteiger charge is -2.03. The number of fused-ring (bicyclic) bond motifs is 1. The first kappa shape index (κ1) is 12.0. The molecule has 6 heteroatoms. The van der Waals surface area contributed by atoms with Crippen molar-refractivity contribution in [2.75, 3.05) is 12.4 Å². The van der Waals surface area contributed by atoms with E-state index in [1.165, 1.54) is 5.56 Å². The summed E-state index contributed by atoms with van der Waals surface area (Å²) in [5.41, 5.74) is 2.08. The Balaban J connectivity index is 1.78. The van der Waals surface area contributed by atoms with Crippen LogP contribution in [0.3, 0.4) is 0 Å². The maximum Gasteiger partial charge on any atom is 0.195 e. The van der Waals surface area contributed by atoms with Crippen molar-refractivity contribution >= 4 is 23.2 Å². The highest BCUT2D eigenvalue weighted by atomic mass is 32.2. The largest absolute Gasteiger partial charge is 0.373 e. The van der Waals surface area contributed by atoms with Crippen molar-refractivity contribution < 1.29 is 0 Å². The lowest BCUT2D eigenvalue weighted by Crippen LogP contribution is -1.93. The molecule has 0 aromatic carbocycles. The van der Waals surface area contributed by atoms with Crippen LogP contribution in [0.2, 0.25) is 0 Å². The van der Waals surface area contributed by atoms with Crippen LogP contribution in [0.5, 0.6) is 0 Å². The molecule has 3 aromatic heterocycles. The number of rotatable bonds is 4. The van der Waals surface area contributed by atoms with E-state index in [0.29, 0.717) is 0 Å². The van der Waals surface area contributed by atoms with Gasteiger partial charge in [0.2, 0.25) is 0 Å². The molecule has 3 aromatic rings. The minimum absolute atomic E-state index is 0.840. The van der Waals surface area contributed by atoms with Crippen LogP contribution >= 0.6 is 11.8 Å². The van der Waals surface area contributed by atoms with E-state index in [4.69, 9.17) is 0 Å². The Morgan fingerprint density at radius 2 is 2.21 bits per heavy atom. The highest BCUT2D eigenvalue weighted by Gasteiger charge is 2.05. The molecule has 0 fully saturated rings. The molecule has 0 amide bonds. The molecule has 0 atom stereocenters. The second kappa shape index (κ2) is 5.27. The smallest absolute Gasteiger partial charge is 0.195 e. The Morgan fingerprint density at radius 3 is 3.11 bits per heavy atom. The van der Waals surface area contributed by atoms with Crippen molar-refractivity contribution in [3.63, 3.8) is 0 Å². The topological polar surface area (TPSA) is 55.1 Å². The fourth-order valence-corrected chi connectivity index (χ4v) is 2.63. The average Bonchev–Trinajstić information content (AvgIpc) is 2.89. The van der Waals surface area contributed by atoms with Crippen molar-refractivity contribution in [1.82, 2.24) is 19.6 Å². The Hall–Kier alpha value is -2.08. The molecule has 0 radical (unpaired) electrons. The second-order valence-electron chi connectivity index (χ2n) is 4.00. The number of nitrogens with zero attached hydrogens (tertiary/aromatic N) is 4. The van der Waals surface area contributed by atoms with E-state index >= 15 is 0 Å². The number of thioether (sulfide) groups is 1. The molecule has 96 valence electrons. The van der Waals surface area contributed by atoms with Crippen LogP contribution in [0.15, 0.2) is 47.9 Å². The third-order valence-corrected chi connectivity index (χ3v) is 3.75. The summed E-state index contributed by atoms with van der Waals surface area (Å²) in [6.45, 7) is 0. The van der Waals surface area contributed by atoms with Gasteiger partial charge in [-0.1, -0.05) is 17.8 Å². The summed E-state index contributed by atoms with van der Waals surface area (Å²) in [7, 11) is 1.87. The van der Waals surface area contributed by atoms with Gasteiger partial charge in [-0.05, 0) is 29.8 Å². The summed E-state index contributed by atoms with van der Waals surface area (Å²) in [5.74, 6) is 1.72. The summed E-state index contributed by atoms with van der Waals surface area (Å²) in [5, 5.41) is 12.3.